The fraction of sp³-hybridized carbons (Fsp3) is 0.391. The molecule has 0 saturated carbocycles. The molecule has 4 nitrogen and oxygen atoms in total. The fourth-order valence-electron chi connectivity index (χ4n) is 3.54. The van der Waals surface area contributed by atoms with Gasteiger partial charge in [-0.25, -0.2) is 4.98 Å². The van der Waals surface area contributed by atoms with Crippen LogP contribution in [0, 0.1) is 5.92 Å². The van der Waals surface area contributed by atoms with E-state index in [1.165, 1.54) is 11.1 Å². The summed E-state index contributed by atoms with van der Waals surface area (Å²) in [6, 6.07) is 16.8. The molecular weight excluding hydrogens is 334 g/mol. The molecule has 0 aliphatic rings. The highest BCUT2D eigenvalue weighted by Gasteiger charge is 2.24. The zero-order valence-electron chi connectivity index (χ0n) is 16.9. The third-order valence-electron chi connectivity index (χ3n) is 5.26. The van der Waals surface area contributed by atoms with Crippen molar-refractivity contribution < 1.29 is 5.32 Å². The van der Waals surface area contributed by atoms with Crippen LogP contribution in [0.1, 0.15) is 69.6 Å². The summed E-state index contributed by atoms with van der Waals surface area (Å²) in [5.74, 6) is 1.72. The van der Waals surface area contributed by atoms with Crippen molar-refractivity contribution in [2.75, 3.05) is 0 Å². The number of hydrogen-bond acceptors (Lipinski definition) is 2. The summed E-state index contributed by atoms with van der Waals surface area (Å²) in [6.07, 6.45) is 0. The van der Waals surface area contributed by atoms with E-state index >= 15 is 0 Å². The second kappa shape index (κ2) is 8.05. The summed E-state index contributed by atoms with van der Waals surface area (Å²) in [6.45, 7) is 11.0. The number of H-pyrrole nitrogens is 1. The third kappa shape index (κ3) is 4.28. The number of quaternary nitrogens is 1. The van der Waals surface area contributed by atoms with Crippen molar-refractivity contribution in [2.24, 2.45) is 5.92 Å². The van der Waals surface area contributed by atoms with E-state index in [4.69, 9.17) is 4.98 Å². The van der Waals surface area contributed by atoms with E-state index < -0.39 is 0 Å². The molecular formula is C23H30N3O+. The van der Waals surface area contributed by atoms with Crippen molar-refractivity contribution in [3.05, 3.63) is 75.8 Å². The maximum Gasteiger partial charge on any atom is 0.258 e. The van der Waals surface area contributed by atoms with Crippen LogP contribution in [0.15, 0.2) is 53.3 Å². The van der Waals surface area contributed by atoms with Crippen LogP contribution in [0.2, 0.25) is 0 Å². The molecule has 0 saturated heterocycles. The maximum absolute atomic E-state index is 12.4. The smallest absolute Gasteiger partial charge is 0.258 e. The van der Waals surface area contributed by atoms with E-state index in [1.807, 2.05) is 24.3 Å². The maximum atomic E-state index is 12.4. The van der Waals surface area contributed by atoms with Gasteiger partial charge < -0.3 is 10.3 Å². The first-order chi connectivity index (χ1) is 12.9. The number of nitrogens with two attached hydrogens (primary N) is 1. The van der Waals surface area contributed by atoms with Crippen molar-refractivity contribution >= 4 is 10.9 Å². The zero-order chi connectivity index (χ0) is 19.6. The lowest BCUT2D eigenvalue weighted by molar-refractivity contribution is -0.738. The minimum absolute atomic E-state index is 0.0551. The molecule has 2 atom stereocenters. The van der Waals surface area contributed by atoms with Gasteiger partial charge >= 0.3 is 0 Å². The number of benzene rings is 2. The van der Waals surface area contributed by atoms with E-state index in [9.17, 15) is 4.79 Å². The lowest BCUT2D eigenvalue weighted by Gasteiger charge is -2.23. The molecule has 4 heteroatoms. The predicted molar refractivity (Wildman–Crippen MR) is 111 cm³/mol. The molecule has 142 valence electrons. The molecule has 3 rings (SSSR count). The van der Waals surface area contributed by atoms with Gasteiger partial charge in [-0.1, -0.05) is 64.1 Å². The highest BCUT2D eigenvalue weighted by atomic mass is 16.1. The van der Waals surface area contributed by atoms with Gasteiger partial charge in [0.25, 0.3) is 5.56 Å². The standard InChI is InChI=1S/C23H29N3O/c1-14(2)17-10-12-18(13-11-17)21(15(3)4)24-16(5)22-25-20-9-7-6-8-19(20)23(27)26-22/h6-16,21,24H,1-5H3,(H,25,26,27)/p+1/t16-,21-/m1/s1. The van der Waals surface area contributed by atoms with Crippen LogP contribution in [0.3, 0.4) is 0 Å². The summed E-state index contributed by atoms with van der Waals surface area (Å²) in [5, 5.41) is 2.94. The summed E-state index contributed by atoms with van der Waals surface area (Å²) in [7, 11) is 0. The summed E-state index contributed by atoms with van der Waals surface area (Å²) >= 11 is 0. The summed E-state index contributed by atoms with van der Waals surface area (Å²) in [4.78, 5) is 20.0. The largest absolute Gasteiger partial charge is 0.331 e. The molecule has 0 fully saturated rings. The lowest BCUT2D eigenvalue weighted by atomic mass is 9.93. The van der Waals surface area contributed by atoms with Crippen LogP contribution < -0.4 is 10.9 Å². The highest BCUT2D eigenvalue weighted by Crippen LogP contribution is 2.22. The first-order valence-corrected chi connectivity index (χ1v) is 9.80. The molecule has 0 spiro atoms. The third-order valence-corrected chi connectivity index (χ3v) is 5.26. The lowest BCUT2D eigenvalue weighted by Crippen LogP contribution is -2.87. The van der Waals surface area contributed by atoms with Gasteiger partial charge in [0.05, 0.1) is 10.9 Å². The Balaban J connectivity index is 1.87. The van der Waals surface area contributed by atoms with Gasteiger partial charge in [0.2, 0.25) is 0 Å². The molecule has 3 N–H and O–H groups in total. The molecule has 0 aliphatic carbocycles. The molecule has 3 aromatic rings. The fourth-order valence-corrected chi connectivity index (χ4v) is 3.54. The van der Waals surface area contributed by atoms with Crippen LogP contribution in [-0.4, -0.2) is 9.97 Å². The van der Waals surface area contributed by atoms with Crippen LogP contribution in [-0.2, 0) is 0 Å². The van der Waals surface area contributed by atoms with Gasteiger partial charge in [-0.15, -0.1) is 0 Å². The summed E-state index contributed by atoms with van der Waals surface area (Å²) in [5.41, 5.74) is 3.34. The van der Waals surface area contributed by atoms with Gasteiger partial charge in [-0.2, -0.15) is 0 Å². The first kappa shape index (κ1) is 19.3. The minimum atomic E-state index is -0.0711. The van der Waals surface area contributed by atoms with Crippen LogP contribution >= 0.6 is 0 Å². The minimum Gasteiger partial charge on any atom is -0.331 e. The van der Waals surface area contributed by atoms with Gasteiger partial charge in [0.1, 0.15) is 12.1 Å². The SMILES string of the molecule is CC(C)c1ccc([C@H]([NH2+][C@H](C)c2nc3ccccc3c(=O)[nH]2)C(C)C)cc1. The molecule has 1 aromatic heterocycles. The Labute approximate surface area is 161 Å². The Bertz CT molecular complexity index is 957. The molecule has 2 aromatic carbocycles. The average molecular weight is 365 g/mol. The number of rotatable bonds is 6. The number of aromatic nitrogens is 2. The zero-order valence-corrected chi connectivity index (χ0v) is 16.9. The second-order valence-corrected chi connectivity index (χ2v) is 8.04. The molecule has 0 unspecified atom stereocenters. The number of aromatic amines is 1. The van der Waals surface area contributed by atoms with Crippen molar-refractivity contribution in [1.82, 2.24) is 9.97 Å². The predicted octanol–water partition coefficient (Wildman–Crippen LogP) is 4.07. The average Bonchev–Trinajstić information content (AvgIpc) is 2.65. The normalized spacial score (nSPS) is 14.0. The Morgan fingerprint density at radius 1 is 0.889 bits per heavy atom. The number of nitrogens with one attached hydrogen (secondary N) is 1. The second-order valence-electron chi connectivity index (χ2n) is 8.04. The van der Waals surface area contributed by atoms with Crippen molar-refractivity contribution in [1.29, 1.82) is 0 Å². The van der Waals surface area contributed by atoms with Crippen molar-refractivity contribution in [2.45, 2.75) is 52.6 Å². The molecule has 0 amide bonds. The topological polar surface area (TPSA) is 62.4 Å². The van der Waals surface area contributed by atoms with E-state index in [-0.39, 0.29) is 11.6 Å². The number of para-hydroxylation sites is 1. The first-order valence-electron chi connectivity index (χ1n) is 9.80. The number of fused-ring (bicyclic) bond motifs is 1. The van der Waals surface area contributed by atoms with Gasteiger partial charge in [0.15, 0.2) is 5.82 Å². The van der Waals surface area contributed by atoms with Crippen LogP contribution in [0.5, 0.6) is 0 Å². The van der Waals surface area contributed by atoms with E-state index in [0.29, 0.717) is 23.3 Å². The van der Waals surface area contributed by atoms with Crippen molar-refractivity contribution in [3.8, 4) is 0 Å². The van der Waals surface area contributed by atoms with Crippen LogP contribution in [0.4, 0.5) is 0 Å². The molecule has 0 bridgehead atoms. The Morgan fingerprint density at radius 3 is 2.15 bits per heavy atom. The van der Waals surface area contributed by atoms with Gasteiger partial charge in [0, 0.05) is 11.5 Å². The number of nitrogens with zero attached hydrogens (tertiary/aromatic N) is 1. The highest BCUT2D eigenvalue weighted by molar-refractivity contribution is 5.77. The number of hydrogen-bond donors (Lipinski definition) is 2. The van der Waals surface area contributed by atoms with Crippen molar-refractivity contribution in [3.63, 3.8) is 0 Å². The van der Waals surface area contributed by atoms with E-state index in [0.717, 1.165) is 11.3 Å². The van der Waals surface area contributed by atoms with Gasteiger partial charge in [-0.3, -0.25) is 4.79 Å². The monoisotopic (exact) mass is 364 g/mol. The Hall–Kier alpha value is -2.46. The molecule has 27 heavy (non-hydrogen) atoms. The van der Waals surface area contributed by atoms with Crippen LogP contribution in [0.25, 0.3) is 10.9 Å². The van der Waals surface area contributed by atoms with E-state index in [1.54, 1.807) is 0 Å². The Morgan fingerprint density at radius 2 is 1.52 bits per heavy atom. The quantitative estimate of drug-likeness (QED) is 0.693. The molecule has 0 aliphatic heterocycles. The summed E-state index contributed by atoms with van der Waals surface area (Å²) < 4.78 is 0. The van der Waals surface area contributed by atoms with Gasteiger partial charge in [-0.05, 0) is 30.5 Å². The molecule has 1 heterocycles. The molecule has 0 radical (unpaired) electrons. The Kier molecular flexibility index (Phi) is 5.76. The van der Waals surface area contributed by atoms with E-state index in [2.05, 4.69) is 69.2 Å².